The van der Waals surface area contributed by atoms with E-state index in [0.717, 1.165) is 4.90 Å². The lowest BCUT2D eigenvalue weighted by Crippen LogP contribution is -2.63. The lowest BCUT2D eigenvalue weighted by Gasteiger charge is -2.44. The first-order valence-corrected chi connectivity index (χ1v) is 8.65. The van der Waals surface area contributed by atoms with Crippen molar-refractivity contribution in [3.63, 3.8) is 0 Å². The zero-order chi connectivity index (χ0) is 19.6. The van der Waals surface area contributed by atoms with Gasteiger partial charge in [-0.15, -0.1) is 0 Å². The van der Waals surface area contributed by atoms with E-state index in [4.69, 9.17) is 9.47 Å². The van der Waals surface area contributed by atoms with Crippen molar-refractivity contribution in [1.82, 2.24) is 4.90 Å². The van der Waals surface area contributed by atoms with Gasteiger partial charge >= 0.3 is 12.1 Å². The monoisotopic (exact) mass is 367 g/mol. The normalized spacial score (nSPS) is 19.2. The Morgan fingerprint density at radius 1 is 0.926 bits per heavy atom. The number of esters is 1. The fourth-order valence-electron chi connectivity index (χ4n) is 2.82. The van der Waals surface area contributed by atoms with E-state index >= 15 is 0 Å². The van der Waals surface area contributed by atoms with Crippen molar-refractivity contribution in [2.45, 2.75) is 38.5 Å². The van der Waals surface area contributed by atoms with E-state index in [9.17, 15) is 14.4 Å². The molecule has 0 aliphatic carbocycles. The Labute approximate surface area is 157 Å². The zero-order valence-corrected chi connectivity index (χ0v) is 15.4. The third kappa shape index (κ3) is 4.00. The van der Waals surface area contributed by atoms with Crippen LogP contribution in [0.1, 0.15) is 42.7 Å². The molecule has 0 aromatic heterocycles. The van der Waals surface area contributed by atoms with Crippen LogP contribution in [0.25, 0.3) is 0 Å². The number of hydrogen-bond acceptors (Lipinski definition) is 5. The lowest BCUT2D eigenvalue weighted by molar-refractivity contribution is -0.165. The first kappa shape index (κ1) is 18.6. The summed E-state index contributed by atoms with van der Waals surface area (Å²) in [5.74, 6) is -1.21. The molecule has 0 radical (unpaired) electrons. The van der Waals surface area contributed by atoms with Gasteiger partial charge < -0.3 is 9.47 Å². The molecule has 0 spiro atoms. The highest BCUT2D eigenvalue weighted by atomic mass is 16.6. The summed E-state index contributed by atoms with van der Waals surface area (Å²) in [6.45, 7) is 5.17. The number of ether oxygens (including phenoxy) is 2. The second-order valence-electron chi connectivity index (χ2n) is 7.24. The molecule has 27 heavy (non-hydrogen) atoms. The van der Waals surface area contributed by atoms with E-state index in [1.807, 2.05) is 6.07 Å². The molecule has 2 aromatic rings. The Kier molecular flexibility index (Phi) is 4.99. The van der Waals surface area contributed by atoms with Crippen LogP contribution in [-0.4, -0.2) is 34.6 Å². The molecule has 1 saturated heterocycles. The van der Waals surface area contributed by atoms with Crippen LogP contribution in [0.5, 0.6) is 0 Å². The number of hydrogen-bond donors (Lipinski definition) is 0. The molecular weight excluding hydrogens is 346 g/mol. The number of rotatable bonds is 3. The standard InChI is InChI=1S/C21H21NO5/c1-21(2,3)27-20(25)22-16(14-10-6-4-7-11-14)17(18(22)23)26-19(24)15-12-8-5-9-13-15/h4-13,16-17H,1-3H3/t16-,17-/m0/s1. The minimum absolute atomic E-state index is 0.341. The Bertz CT molecular complexity index is 842. The number of β-lactam (4-membered cyclic amide) rings is 1. The third-order valence-corrected chi connectivity index (χ3v) is 4.02. The fraction of sp³-hybridized carbons (Fsp3) is 0.286. The van der Waals surface area contributed by atoms with Crippen LogP contribution in [0.15, 0.2) is 60.7 Å². The molecule has 1 fully saturated rings. The third-order valence-electron chi connectivity index (χ3n) is 4.02. The number of benzene rings is 2. The number of carbonyl (C=O) groups is 3. The second kappa shape index (κ2) is 7.23. The van der Waals surface area contributed by atoms with Gasteiger partial charge in [0.15, 0.2) is 0 Å². The summed E-state index contributed by atoms with van der Waals surface area (Å²) in [5.41, 5.74) is 0.284. The van der Waals surface area contributed by atoms with Crippen LogP contribution < -0.4 is 0 Å². The number of amides is 2. The van der Waals surface area contributed by atoms with Crippen molar-refractivity contribution in [3.05, 3.63) is 71.8 Å². The van der Waals surface area contributed by atoms with Crippen molar-refractivity contribution in [2.75, 3.05) is 0 Å². The van der Waals surface area contributed by atoms with Crippen LogP contribution >= 0.6 is 0 Å². The first-order valence-electron chi connectivity index (χ1n) is 8.65. The number of imide groups is 1. The van der Waals surface area contributed by atoms with Crippen molar-refractivity contribution < 1.29 is 23.9 Å². The Balaban J connectivity index is 1.84. The maximum Gasteiger partial charge on any atom is 0.417 e. The minimum atomic E-state index is -1.08. The first-order chi connectivity index (χ1) is 12.8. The topological polar surface area (TPSA) is 72.9 Å². The summed E-state index contributed by atoms with van der Waals surface area (Å²) >= 11 is 0. The van der Waals surface area contributed by atoms with Gasteiger partial charge in [0, 0.05) is 0 Å². The van der Waals surface area contributed by atoms with Crippen molar-refractivity contribution in [1.29, 1.82) is 0 Å². The second-order valence-corrected chi connectivity index (χ2v) is 7.24. The molecule has 1 aliphatic rings. The SMILES string of the molecule is CC(C)(C)OC(=O)N1C(=O)[C@@H](OC(=O)c2ccccc2)[C@@H]1c1ccccc1. The molecule has 2 aromatic carbocycles. The highest BCUT2D eigenvalue weighted by molar-refractivity contribution is 6.03. The molecule has 3 rings (SSSR count). The van der Waals surface area contributed by atoms with Gasteiger partial charge in [-0.25, -0.2) is 14.5 Å². The van der Waals surface area contributed by atoms with E-state index in [-0.39, 0.29) is 0 Å². The van der Waals surface area contributed by atoms with Crippen molar-refractivity contribution in [2.24, 2.45) is 0 Å². The van der Waals surface area contributed by atoms with Gasteiger partial charge in [0.05, 0.1) is 5.56 Å². The Hall–Kier alpha value is -3.15. The Morgan fingerprint density at radius 2 is 1.48 bits per heavy atom. The average molecular weight is 367 g/mol. The molecule has 0 N–H and O–H groups in total. The van der Waals surface area contributed by atoms with Gasteiger partial charge in [-0.3, -0.25) is 4.79 Å². The van der Waals surface area contributed by atoms with Gasteiger partial charge in [0.1, 0.15) is 11.6 Å². The smallest absolute Gasteiger partial charge is 0.417 e. The molecule has 1 aliphatic heterocycles. The molecule has 1 heterocycles. The predicted molar refractivity (Wildman–Crippen MR) is 97.9 cm³/mol. The maximum atomic E-state index is 12.6. The van der Waals surface area contributed by atoms with Crippen LogP contribution in [0.2, 0.25) is 0 Å². The molecule has 2 atom stereocenters. The molecule has 0 unspecified atom stereocenters. The van der Waals surface area contributed by atoms with E-state index < -0.39 is 35.7 Å². The van der Waals surface area contributed by atoms with Crippen molar-refractivity contribution in [3.8, 4) is 0 Å². The maximum absolute atomic E-state index is 12.6. The van der Waals surface area contributed by atoms with Crippen LogP contribution in [0.4, 0.5) is 4.79 Å². The summed E-state index contributed by atoms with van der Waals surface area (Å²) in [7, 11) is 0. The van der Waals surface area contributed by atoms with E-state index in [0.29, 0.717) is 11.1 Å². The van der Waals surface area contributed by atoms with E-state index in [1.54, 1.807) is 75.4 Å². The average Bonchev–Trinajstić information content (AvgIpc) is 2.63. The quantitative estimate of drug-likeness (QED) is 0.610. The van der Waals surface area contributed by atoms with Gasteiger partial charge in [-0.1, -0.05) is 48.5 Å². The summed E-state index contributed by atoms with van der Waals surface area (Å²) < 4.78 is 10.8. The molecular formula is C21H21NO5. The zero-order valence-electron chi connectivity index (χ0n) is 15.4. The largest absolute Gasteiger partial charge is 0.446 e. The summed E-state index contributed by atoms with van der Waals surface area (Å²) in [6.07, 6.45) is -1.83. The lowest BCUT2D eigenvalue weighted by atomic mass is 9.91. The molecule has 0 bridgehead atoms. The Morgan fingerprint density at radius 3 is 2.04 bits per heavy atom. The van der Waals surface area contributed by atoms with Gasteiger partial charge in [0.2, 0.25) is 6.10 Å². The highest BCUT2D eigenvalue weighted by Crippen LogP contribution is 2.38. The number of carbonyl (C=O) groups excluding carboxylic acids is 3. The van der Waals surface area contributed by atoms with Crippen LogP contribution in [0, 0.1) is 0 Å². The van der Waals surface area contributed by atoms with Crippen LogP contribution in [-0.2, 0) is 14.3 Å². The predicted octanol–water partition coefficient (Wildman–Crippen LogP) is 3.73. The fourth-order valence-corrected chi connectivity index (χ4v) is 2.82. The minimum Gasteiger partial charge on any atom is -0.446 e. The summed E-state index contributed by atoms with van der Waals surface area (Å²) in [6, 6.07) is 16.7. The summed E-state index contributed by atoms with van der Waals surface area (Å²) in [5, 5.41) is 0. The van der Waals surface area contributed by atoms with Gasteiger partial charge in [0.25, 0.3) is 5.91 Å². The molecule has 140 valence electrons. The highest BCUT2D eigenvalue weighted by Gasteiger charge is 2.55. The molecule has 6 heteroatoms. The molecule has 6 nitrogen and oxygen atoms in total. The van der Waals surface area contributed by atoms with Gasteiger partial charge in [-0.2, -0.15) is 0 Å². The van der Waals surface area contributed by atoms with Crippen molar-refractivity contribution >= 4 is 18.0 Å². The van der Waals surface area contributed by atoms with E-state index in [1.165, 1.54) is 0 Å². The molecule has 0 saturated carbocycles. The number of likely N-dealkylation sites (tertiary alicyclic amines) is 1. The summed E-state index contributed by atoms with van der Waals surface area (Å²) in [4.78, 5) is 38.4. The van der Waals surface area contributed by atoms with Gasteiger partial charge in [-0.05, 0) is 38.5 Å². The van der Waals surface area contributed by atoms with E-state index in [2.05, 4.69) is 0 Å². The molecule has 2 amide bonds. The van der Waals surface area contributed by atoms with Crippen LogP contribution in [0.3, 0.4) is 0 Å². The number of nitrogens with zero attached hydrogens (tertiary/aromatic N) is 1.